The summed E-state index contributed by atoms with van der Waals surface area (Å²) in [5.41, 5.74) is 0.763. The van der Waals surface area contributed by atoms with E-state index in [9.17, 15) is 4.79 Å². The maximum absolute atomic E-state index is 10.9. The maximum atomic E-state index is 10.9. The number of aromatic nitrogens is 1. The van der Waals surface area contributed by atoms with Gasteiger partial charge in [-0.25, -0.2) is 4.98 Å². The number of aliphatic hydroxyl groups is 1. The number of pyridine rings is 1. The Kier molecular flexibility index (Phi) is 4.45. The Morgan fingerprint density at radius 2 is 2.44 bits per heavy atom. The molecule has 0 spiro atoms. The van der Waals surface area contributed by atoms with Gasteiger partial charge in [-0.05, 0) is 5.92 Å². The fraction of sp³-hybridized carbons (Fsp3) is 0.273. The zero-order chi connectivity index (χ0) is 12.0. The first-order valence-electron chi connectivity index (χ1n) is 4.44. The number of carbonyl (C=O) groups excluding carboxylic acids is 1. The first-order chi connectivity index (χ1) is 7.78. The highest BCUT2D eigenvalue weighted by molar-refractivity contribution is 5.82. The Bertz CT molecular complexity index is 423. The third-order valence-corrected chi connectivity index (χ3v) is 1.90. The number of rotatable bonds is 5. The van der Waals surface area contributed by atoms with Crippen molar-refractivity contribution >= 4 is 6.29 Å². The number of aliphatic hydroxyl groups excluding tert-OH is 1. The number of nitrogens with zero attached hydrogens (tertiary/aromatic N) is 1. The van der Waals surface area contributed by atoms with Crippen LogP contribution in [0.5, 0.6) is 5.75 Å². The molecule has 0 saturated heterocycles. The number of ether oxygens (including phenoxy) is 2. The molecule has 0 aromatic carbocycles. The average molecular weight is 221 g/mol. The van der Waals surface area contributed by atoms with Crippen molar-refractivity contribution in [3.05, 3.63) is 23.0 Å². The summed E-state index contributed by atoms with van der Waals surface area (Å²) >= 11 is 0. The van der Waals surface area contributed by atoms with E-state index in [4.69, 9.17) is 21.0 Å². The zero-order valence-corrected chi connectivity index (χ0v) is 8.77. The lowest BCUT2D eigenvalue weighted by atomic mass is 10.1. The second-order valence-electron chi connectivity index (χ2n) is 2.85. The Balaban J connectivity index is 3.26. The van der Waals surface area contributed by atoms with Crippen LogP contribution in [-0.4, -0.2) is 30.3 Å². The van der Waals surface area contributed by atoms with Crippen molar-refractivity contribution in [3.63, 3.8) is 0 Å². The van der Waals surface area contributed by atoms with Gasteiger partial charge in [-0.3, -0.25) is 4.79 Å². The predicted molar refractivity (Wildman–Crippen MR) is 56.0 cm³/mol. The molecule has 16 heavy (non-hydrogen) atoms. The van der Waals surface area contributed by atoms with Crippen LogP contribution in [0.15, 0.2) is 6.20 Å². The fourth-order valence-electron chi connectivity index (χ4n) is 1.17. The summed E-state index contributed by atoms with van der Waals surface area (Å²) in [7, 11) is 1.44. The second-order valence-corrected chi connectivity index (χ2v) is 2.85. The molecule has 0 aliphatic heterocycles. The molecule has 5 nitrogen and oxygen atoms in total. The van der Waals surface area contributed by atoms with Crippen molar-refractivity contribution in [3.8, 4) is 18.1 Å². The standard InChI is InChI=1S/C11H11NO4/c1-3-10-11(16-7-15-2)9(6-14)8(5-13)4-12-10/h1,4,6,13H,5,7H2,2H3. The highest BCUT2D eigenvalue weighted by Gasteiger charge is 2.14. The van der Waals surface area contributed by atoms with Gasteiger partial charge in [0.05, 0.1) is 12.2 Å². The number of carbonyl (C=O) groups is 1. The highest BCUT2D eigenvalue weighted by Crippen LogP contribution is 2.23. The topological polar surface area (TPSA) is 68.7 Å². The van der Waals surface area contributed by atoms with Crippen LogP contribution in [0.4, 0.5) is 0 Å². The summed E-state index contributed by atoms with van der Waals surface area (Å²) in [6.07, 6.45) is 7.14. The largest absolute Gasteiger partial charge is 0.464 e. The lowest BCUT2D eigenvalue weighted by Crippen LogP contribution is -2.07. The Morgan fingerprint density at radius 1 is 1.69 bits per heavy atom. The lowest BCUT2D eigenvalue weighted by molar-refractivity contribution is 0.0498. The van der Waals surface area contributed by atoms with E-state index in [1.807, 2.05) is 0 Å². The minimum Gasteiger partial charge on any atom is -0.464 e. The van der Waals surface area contributed by atoms with E-state index >= 15 is 0 Å². The first-order valence-corrected chi connectivity index (χ1v) is 4.44. The Morgan fingerprint density at radius 3 is 2.94 bits per heavy atom. The van der Waals surface area contributed by atoms with Gasteiger partial charge in [-0.15, -0.1) is 6.42 Å². The van der Waals surface area contributed by atoms with Gasteiger partial charge in [0.25, 0.3) is 0 Å². The van der Waals surface area contributed by atoms with Gasteiger partial charge in [0.1, 0.15) is 0 Å². The molecule has 1 aromatic rings. The SMILES string of the molecule is C#Cc1ncc(CO)c(C=O)c1OCOC. The van der Waals surface area contributed by atoms with Gasteiger partial charge in [0.2, 0.25) is 0 Å². The van der Waals surface area contributed by atoms with Crippen LogP contribution in [0.25, 0.3) is 0 Å². The summed E-state index contributed by atoms with van der Waals surface area (Å²) < 4.78 is 9.89. The monoisotopic (exact) mass is 221 g/mol. The quantitative estimate of drug-likeness (QED) is 0.441. The zero-order valence-electron chi connectivity index (χ0n) is 8.77. The van der Waals surface area contributed by atoms with Crippen LogP contribution in [0.2, 0.25) is 0 Å². The van der Waals surface area contributed by atoms with Crippen molar-refractivity contribution in [1.29, 1.82) is 0 Å². The molecular formula is C11H11NO4. The third-order valence-electron chi connectivity index (χ3n) is 1.90. The number of hydrogen-bond donors (Lipinski definition) is 1. The maximum Gasteiger partial charge on any atom is 0.188 e. The summed E-state index contributed by atoms with van der Waals surface area (Å²) in [5, 5.41) is 9.03. The molecule has 0 bridgehead atoms. The summed E-state index contributed by atoms with van der Waals surface area (Å²) in [5.74, 6) is 2.46. The van der Waals surface area contributed by atoms with E-state index in [2.05, 4.69) is 10.9 Å². The van der Waals surface area contributed by atoms with E-state index in [0.29, 0.717) is 11.8 Å². The number of hydrogen-bond acceptors (Lipinski definition) is 5. The van der Waals surface area contributed by atoms with E-state index in [1.165, 1.54) is 13.3 Å². The van der Waals surface area contributed by atoms with Crippen molar-refractivity contribution in [2.45, 2.75) is 6.61 Å². The van der Waals surface area contributed by atoms with Crippen molar-refractivity contribution in [1.82, 2.24) is 4.98 Å². The molecule has 1 heterocycles. The van der Waals surface area contributed by atoms with E-state index in [1.54, 1.807) is 0 Å². The van der Waals surface area contributed by atoms with Crippen molar-refractivity contribution < 1.29 is 19.4 Å². The minimum absolute atomic E-state index is 0.0495. The van der Waals surface area contributed by atoms with Crippen LogP contribution in [0.3, 0.4) is 0 Å². The molecular weight excluding hydrogens is 210 g/mol. The molecule has 1 N–H and O–H groups in total. The first kappa shape index (κ1) is 12.2. The third kappa shape index (κ3) is 2.37. The number of terminal acetylenes is 1. The van der Waals surface area contributed by atoms with Gasteiger partial charge in [-0.2, -0.15) is 0 Å². The van der Waals surface area contributed by atoms with Gasteiger partial charge in [0.15, 0.2) is 24.5 Å². The molecule has 1 rings (SSSR count). The molecule has 0 radical (unpaired) electrons. The smallest absolute Gasteiger partial charge is 0.188 e. The molecule has 0 fully saturated rings. The van der Waals surface area contributed by atoms with Crippen LogP contribution in [0.1, 0.15) is 21.6 Å². The Labute approximate surface area is 93.0 Å². The molecule has 1 aromatic heterocycles. The molecule has 84 valence electrons. The van der Waals surface area contributed by atoms with Crippen LogP contribution < -0.4 is 4.74 Å². The summed E-state index contributed by atoms with van der Waals surface area (Å²) in [6, 6.07) is 0. The molecule has 0 aliphatic carbocycles. The molecule has 0 atom stereocenters. The van der Waals surface area contributed by atoms with Crippen LogP contribution in [-0.2, 0) is 11.3 Å². The van der Waals surface area contributed by atoms with Gasteiger partial charge in [-0.1, -0.05) is 0 Å². The predicted octanol–water partition coefficient (Wildman–Crippen LogP) is 0.350. The number of methoxy groups -OCH3 is 1. The molecule has 5 heteroatoms. The second kappa shape index (κ2) is 5.85. The van der Waals surface area contributed by atoms with E-state index < -0.39 is 0 Å². The van der Waals surface area contributed by atoms with Crippen molar-refractivity contribution in [2.75, 3.05) is 13.9 Å². The minimum atomic E-state index is -0.310. The van der Waals surface area contributed by atoms with Crippen molar-refractivity contribution in [2.24, 2.45) is 0 Å². The molecule has 0 unspecified atom stereocenters. The van der Waals surface area contributed by atoms with E-state index in [0.717, 1.165) is 0 Å². The normalized spacial score (nSPS) is 9.56. The molecule has 0 aliphatic rings. The highest BCUT2D eigenvalue weighted by atomic mass is 16.7. The number of aldehydes is 1. The summed E-state index contributed by atoms with van der Waals surface area (Å²) in [4.78, 5) is 14.8. The lowest BCUT2D eigenvalue weighted by Gasteiger charge is -2.11. The molecule has 0 saturated carbocycles. The summed E-state index contributed by atoms with van der Waals surface area (Å²) in [6.45, 7) is -0.360. The molecule has 0 amide bonds. The van der Waals surface area contributed by atoms with Crippen LogP contribution >= 0.6 is 0 Å². The van der Waals surface area contributed by atoms with Gasteiger partial charge in [0, 0.05) is 18.9 Å². The fourth-order valence-corrected chi connectivity index (χ4v) is 1.17. The van der Waals surface area contributed by atoms with Gasteiger partial charge >= 0.3 is 0 Å². The average Bonchev–Trinajstić information content (AvgIpc) is 2.34. The Hall–Kier alpha value is -1.90. The van der Waals surface area contributed by atoms with E-state index in [-0.39, 0.29) is 30.4 Å². The van der Waals surface area contributed by atoms with Crippen LogP contribution in [0, 0.1) is 12.3 Å². The van der Waals surface area contributed by atoms with Gasteiger partial charge < -0.3 is 14.6 Å².